The lowest BCUT2D eigenvalue weighted by atomic mass is 10.3. The molecule has 5 heteroatoms. The Labute approximate surface area is 118 Å². The number of methoxy groups -OCH3 is 1. The molecule has 1 heterocycles. The Kier molecular flexibility index (Phi) is 5.10. The van der Waals surface area contributed by atoms with Gasteiger partial charge in [-0.1, -0.05) is 11.8 Å². The van der Waals surface area contributed by atoms with Crippen LogP contribution in [0.4, 0.5) is 5.69 Å². The van der Waals surface area contributed by atoms with Gasteiger partial charge in [0.25, 0.3) is 5.23 Å². The van der Waals surface area contributed by atoms with Crippen LogP contribution in [-0.4, -0.2) is 36.9 Å². The van der Waals surface area contributed by atoms with Crippen LogP contribution in [-0.2, 0) is 9.47 Å². The van der Waals surface area contributed by atoms with Gasteiger partial charge in [-0.15, -0.1) is 0 Å². The smallest absolute Gasteiger partial charge is 0.251 e. The van der Waals surface area contributed by atoms with E-state index >= 15 is 0 Å². The zero-order chi connectivity index (χ0) is 13.7. The minimum absolute atomic E-state index is 0.101. The molecule has 1 unspecified atom stereocenters. The molecule has 0 amide bonds. The van der Waals surface area contributed by atoms with E-state index in [-0.39, 0.29) is 12.2 Å². The average Bonchev–Trinajstić information content (AvgIpc) is 2.85. The molecular weight excluding hydrogens is 262 g/mol. The second-order valence-corrected chi connectivity index (χ2v) is 5.48. The molecule has 19 heavy (non-hydrogen) atoms. The Balaban J connectivity index is 1.90. The van der Waals surface area contributed by atoms with Crippen molar-refractivity contribution in [2.24, 2.45) is 4.99 Å². The molecule has 1 aliphatic rings. The number of thioether (sulfide) groups is 1. The first-order valence-electron chi connectivity index (χ1n) is 6.31. The van der Waals surface area contributed by atoms with Crippen molar-refractivity contribution in [2.75, 3.05) is 19.5 Å². The van der Waals surface area contributed by atoms with Crippen LogP contribution in [0.2, 0.25) is 0 Å². The third kappa shape index (κ3) is 4.44. The minimum Gasteiger partial charge on any atom is -0.497 e. The number of aliphatic imine (C=N–C) groups is 1. The van der Waals surface area contributed by atoms with Gasteiger partial charge in [0.15, 0.2) is 0 Å². The molecule has 1 aliphatic heterocycles. The van der Waals surface area contributed by atoms with Gasteiger partial charge in [-0.3, -0.25) is 0 Å². The van der Waals surface area contributed by atoms with Gasteiger partial charge in [0, 0.05) is 5.75 Å². The topological polar surface area (TPSA) is 40.0 Å². The summed E-state index contributed by atoms with van der Waals surface area (Å²) >= 11 is 1.62. The summed E-state index contributed by atoms with van der Waals surface area (Å²) in [5.41, 5.74) is 0.869. The van der Waals surface area contributed by atoms with Gasteiger partial charge in [-0.25, -0.2) is 4.99 Å². The maximum atomic E-state index is 5.73. The van der Waals surface area contributed by atoms with Gasteiger partial charge in [0.05, 0.1) is 25.5 Å². The summed E-state index contributed by atoms with van der Waals surface area (Å²) in [6.07, 6.45) is 0.334. The van der Waals surface area contributed by atoms with Crippen LogP contribution in [0.5, 0.6) is 5.75 Å². The first kappa shape index (κ1) is 14.2. The predicted octanol–water partition coefficient (Wildman–Crippen LogP) is 3.24. The SMILES string of the molecule is COc1ccc(N=C2OC(COC(C)C)CS2)cc1. The summed E-state index contributed by atoms with van der Waals surface area (Å²) in [5, 5.41) is 0.711. The van der Waals surface area contributed by atoms with Crippen LogP contribution in [0.3, 0.4) is 0 Å². The van der Waals surface area contributed by atoms with Crippen molar-refractivity contribution in [1.29, 1.82) is 0 Å². The first-order chi connectivity index (χ1) is 9.17. The highest BCUT2D eigenvalue weighted by Crippen LogP contribution is 2.25. The largest absolute Gasteiger partial charge is 0.497 e. The van der Waals surface area contributed by atoms with Crippen LogP contribution in [0.1, 0.15) is 13.8 Å². The predicted molar refractivity (Wildman–Crippen MR) is 78.5 cm³/mol. The summed E-state index contributed by atoms with van der Waals surface area (Å²) in [7, 11) is 1.65. The molecular formula is C14H19NO3S. The van der Waals surface area contributed by atoms with Gasteiger partial charge in [-0.05, 0) is 38.1 Å². The molecule has 1 aromatic carbocycles. The van der Waals surface area contributed by atoms with Gasteiger partial charge >= 0.3 is 0 Å². The van der Waals surface area contributed by atoms with Gasteiger partial charge in [-0.2, -0.15) is 0 Å². The van der Waals surface area contributed by atoms with E-state index in [0.29, 0.717) is 11.8 Å². The molecule has 0 aliphatic carbocycles. The summed E-state index contributed by atoms with van der Waals surface area (Å²) in [5.74, 6) is 1.72. The van der Waals surface area contributed by atoms with Crippen LogP contribution < -0.4 is 4.74 Å². The molecule has 0 radical (unpaired) electrons. The Morgan fingerprint density at radius 3 is 2.74 bits per heavy atom. The number of benzene rings is 1. The molecule has 2 rings (SSSR count). The van der Waals surface area contributed by atoms with Crippen molar-refractivity contribution in [1.82, 2.24) is 0 Å². The van der Waals surface area contributed by atoms with E-state index in [2.05, 4.69) is 4.99 Å². The standard InChI is InChI=1S/C14H19NO3S/c1-10(2)17-8-13-9-19-14(18-13)15-11-4-6-12(16-3)7-5-11/h4-7,10,13H,8-9H2,1-3H3. The summed E-state index contributed by atoms with van der Waals surface area (Å²) < 4.78 is 16.4. The molecule has 0 saturated carbocycles. The highest BCUT2D eigenvalue weighted by molar-refractivity contribution is 8.13. The van der Waals surface area contributed by atoms with Gasteiger partial charge in [0.1, 0.15) is 11.9 Å². The molecule has 1 atom stereocenters. The second kappa shape index (κ2) is 6.82. The lowest BCUT2D eigenvalue weighted by Crippen LogP contribution is -2.20. The zero-order valence-corrected chi connectivity index (χ0v) is 12.3. The van der Waals surface area contributed by atoms with Crippen LogP contribution in [0.25, 0.3) is 0 Å². The van der Waals surface area contributed by atoms with Crippen LogP contribution in [0, 0.1) is 0 Å². The van der Waals surface area contributed by atoms with Crippen molar-refractivity contribution in [2.45, 2.75) is 26.1 Å². The number of hydrogen-bond acceptors (Lipinski definition) is 5. The fourth-order valence-electron chi connectivity index (χ4n) is 1.58. The highest BCUT2D eigenvalue weighted by Gasteiger charge is 2.23. The van der Waals surface area contributed by atoms with Crippen molar-refractivity contribution >= 4 is 22.7 Å². The van der Waals surface area contributed by atoms with E-state index in [4.69, 9.17) is 14.2 Å². The Bertz CT molecular complexity index is 431. The number of ether oxygens (including phenoxy) is 3. The molecule has 0 bridgehead atoms. The fourth-order valence-corrected chi connectivity index (χ4v) is 2.44. The van der Waals surface area contributed by atoms with Gasteiger partial charge in [0.2, 0.25) is 0 Å². The van der Waals surface area contributed by atoms with E-state index < -0.39 is 0 Å². The van der Waals surface area contributed by atoms with Crippen molar-refractivity contribution in [3.8, 4) is 5.75 Å². The normalized spacial score (nSPS) is 20.8. The summed E-state index contributed by atoms with van der Waals surface area (Å²) in [4.78, 5) is 4.46. The lowest BCUT2D eigenvalue weighted by Gasteiger charge is -2.12. The molecule has 1 saturated heterocycles. The maximum absolute atomic E-state index is 5.73. The number of nitrogens with zero attached hydrogens (tertiary/aromatic N) is 1. The van der Waals surface area contributed by atoms with E-state index in [1.54, 1.807) is 18.9 Å². The van der Waals surface area contributed by atoms with Crippen molar-refractivity contribution in [3.63, 3.8) is 0 Å². The summed E-state index contributed by atoms with van der Waals surface area (Å²) in [6, 6.07) is 7.60. The van der Waals surface area contributed by atoms with Crippen LogP contribution in [0.15, 0.2) is 29.3 Å². The van der Waals surface area contributed by atoms with Crippen molar-refractivity contribution in [3.05, 3.63) is 24.3 Å². The minimum atomic E-state index is 0.101. The van der Waals surface area contributed by atoms with E-state index in [0.717, 1.165) is 17.2 Å². The average molecular weight is 281 g/mol. The van der Waals surface area contributed by atoms with Crippen molar-refractivity contribution < 1.29 is 14.2 Å². The van der Waals surface area contributed by atoms with E-state index in [9.17, 15) is 0 Å². The molecule has 1 aromatic rings. The monoisotopic (exact) mass is 281 g/mol. The molecule has 104 valence electrons. The zero-order valence-electron chi connectivity index (χ0n) is 11.5. The second-order valence-electron chi connectivity index (χ2n) is 4.51. The molecule has 4 nitrogen and oxygen atoms in total. The Morgan fingerprint density at radius 1 is 1.37 bits per heavy atom. The van der Waals surface area contributed by atoms with E-state index in [1.165, 1.54) is 0 Å². The molecule has 0 aromatic heterocycles. The Morgan fingerprint density at radius 2 is 2.11 bits per heavy atom. The molecule has 0 N–H and O–H groups in total. The fraction of sp³-hybridized carbons (Fsp3) is 0.500. The first-order valence-corrected chi connectivity index (χ1v) is 7.29. The Hall–Kier alpha value is -1.20. The number of rotatable bonds is 5. The maximum Gasteiger partial charge on any atom is 0.251 e. The van der Waals surface area contributed by atoms with Gasteiger partial charge < -0.3 is 14.2 Å². The third-order valence-electron chi connectivity index (χ3n) is 2.57. The molecule has 0 spiro atoms. The highest BCUT2D eigenvalue weighted by atomic mass is 32.2. The lowest BCUT2D eigenvalue weighted by molar-refractivity contribution is 0.0246. The quantitative estimate of drug-likeness (QED) is 0.830. The molecule has 1 fully saturated rings. The third-order valence-corrected chi connectivity index (χ3v) is 3.54. The number of hydrogen-bond donors (Lipinski definition) is 0. The van der Waals surface area contributed by atoms with E-state index in [1.807, 2.05) is 38.1 Å². The van der Waals surface area contributed by atoms with Crippen LogP contribution >= 0.6 is 11.8 Å². The summed E-state index contributed by atoms with van der Waals surface area (Å²) in [6.45, 7) is 4.66.